The molecule has 37 heavy (non-hydrogen) atoms. The minimum absolute atomic E-state index is 0.112. The minimum atomic E-state index is -3.92. The van der Waals surface area contributed by atoms with Crippen LogP contribution < -0.4 is 19.1 Å². The molecule has 9 nitrogen and oxygen atoms in total. The zero-order valence-electron chi connectivity index (χ0n) is 22.0. The van der Waals surface area contributed by atoms with E-state index in [-0.39, 0.29) is 12.2 Å². The molecule has 0 radical (unpaired) electrons. The highest BCUT2D eigenvalue weighted by molar-refractivity contribution is 7.92. The number of sulfonamides is 1. The maximum absolute atomic E-state index is 13.7. The predicted octanol–water partition coefficient (Wildman–Crippen LogP) is 4.11. The van der Waals surface area contributed by atoms with Crippen LogP contribution in [0.2, 0.25) is 10.0 Å². The van der Waals surface area contributed by atoms with Crippen molar-refractivity contribution in [3.8, 4) is 11.5 Å². The van der Waals surface area contributed by atoms with E-state index in [2.05, 4.69) is 5.32 Å². The molecule has 0 heterocycles. The summed E-state index contributed by atoms with van der Waals surface area (Å²) in [5.74, 6) is -0.360. The SMILES string of the molecule is COc1ccc(N(CC(=O)N(Cc2c(Cl)cccc2Cl)[C@@H](C)C(=O)NC(C)(C)C)S(C)(=O)=O)cc1OC. The third-order valence-electron chi connectivity index (χ3n) is 5.39. The lowest BCUT2D eigenvalue weighted by Gasteiger charge is -2.33. The van der Waals surface area contributed by atoms with Gasteiger partial charge >= 0.3 is 0 Å². The molecule has 1 N–H and O–H groups in total. The van der Waals surface area contributed by atoms with E-state index in [1.807, 2.05) is 20.8 Å². The van der Waals surface area contributed by atoms with Gasteiger partial charge in [-0.15, -0.1) is 0 Å². The molecule has 0 aliphatic carbocycles. The molecular formula is C25H33Cl2N3O6S. The summed E-state index contributed by atoms with van der Waals surface area (Å²) in [4.78, 5) is 28.0. The third-order valence-corrected chi connectivity index (χ3v) is 7.24. The number of hydrogen-bond donors (Lipinski definition) is 1. The Labute approximate surface area is 228 Å². The second-order valence-electron chi connectivity index (χ2n) is 9.45. The predicted molar refractivity (Wildman–Crippen MR) is 146 cm³/mol. The van der Waals surface area contributed by atoms with Gasteiger partial charge in [0.15, 0.2) is 11.5 Å². The summed E-state index contributed by atoms with van der Waals surface area (Å²) in [5, 5.41) is 3.48. The number of halogens is 2. The normalized spacial score (nSPS) is 12.5. The van der Waals surface area contributed by atoms with Crippen LogP contribution in [0.3, 0.4) is 0 Å². The molecule has 0 spiro atoms. The Morgan fingerprint density at radius 1 is 1.03 bits per heavy atom. The highest BCUT2D eigenvalue weighted by Crippen LogP contribution is 2.33. The second-order valence-corrected chi connectivity index (χ2v) is 12.2. The van der Waals surface area contributed by atoms with Crippen LogP contribution in [0.5, 0.6) is 11.5 Å². The van der Waals surface area contributed by atoms with E-state index in [4.69, 9.17) is 32.7 Å². The van der Waals surface area contributed by atoms with Crippen LogP contribution in [0.4, 0.5) is 5.69 Å². The smallest absolute Gasteiger partial charge is 0.244 e. The first kappa shape index (κ1) is 30.5. The van der Waals surface area contributed by atoms with Gasteiger partial charge in [0.2, 0.25) is 21.8 Å². The van der Waals surface area contributed by atoms with E-state index in [9.17, 15) is 18.0 Å². The lowest BCUT2D eigenvalue weighted by Crippen LogP contribution is -2.54. The van der Waals surface area contributed by atoms with Crippen LogP contribution in [-0.2, 0) is 26.2 Å². The fourth-order valence-electron chi connectivity index (χ4n) is 3.50. The van der Waals surface area contributed by atoms with Crippen LogP contribution in [0.15, 0.2) is 36.4 Å². The van der Waals surface area contributed by atoms with Crippen molar-refractivity contribution >= 4 is 50.7 Å². The number of carbonyl (C=O) groups excluding carboxylic acids is 2. The number of hydrogen-bond acceptors (Lipinski definition) is 6. The molecular weight excluding hydrogens is 541 g/mol. The number of ether oxygens (including phenoxy) is 2. The first-order valence-electron chi connectivity index (χ1n) is 11.3. The fraction of sp³-hybridized carbons (Fsp3) is 0.440. The van der Waals surface area contributed by atoms with Crippen LogP contribution in [0.1, 0.15) is 33.3 Å². The summed E-state index contributed by atoms with van der Waals surface area (Å²) in [5.41, 5.74) is 0.0724. The Balaban J connectivity index is 2.51. The number of benzene rings is 2. The van der Waals surface area contributed by atoms with E-state index >= 15 is 0 Å². The Morgan fingerprint density at radius 3 is 2.08 bits per heavy atom. The van der Waals surface area contributed by atoms with Gasteiger partial charge in [0, 0.05) is 33.8 Å². The quantitative estimate of drug-likeness (QED) is 0.458. The minimum Gasteiger partial charge on any atom is -0.493 e. The van der Waals surface area contributed by atoms with Gasteiger partial charge in [0.05, 0.1) is 26.2 Å². The first-order chi connectivity index (χ1) is 17.1. The van der Waals surface area contributed by atoms with E-state index in [1.54, 1.807) is 25.1 Å². The molecule has 0 fully saturated rings. The van der Waals surface area contributed by atoms with Gasteiger partial charge in [0.25, 0.3) is 0 Å². The van der Waals surface area contributed by atoms with E-state index < -0.39 is 40.0 Å². The van der Waals surface area contributed by atoms with Crippen LogP contribution in [0, 0.1) is 0 Å². The monoisotopic (exact) mass is 573 g/mol. The van der Waals surface area contributed by atoms with Gasteiger partial charge in [-0.2, -0.15) is 0 Å². The summed E-state index contributed by atoms with van der Waals surface area (Å²) in [7, 11) is -1.04. The molecule has 0 aliphatic heterocycles. The Bertz CT molecular complexity index is 1230. The summed E-state index contributed by atoms with van der Waals surface area (Å²) in [6.45, 7) is 6.32. The van der Waals surface area contributed by atoms with Crippen molar-refractivity contribution in [1.29, 1.82) is 0 Å². The van der Waals surface area contributed by atoms with E-state index in [1.165, 1.54) is 37.3 Å². The van der Waals surface area contributed by atoms with Gasteiger partial charge in [-0.1, -0.05) is 29.3 Å². The number of carbonyl (C=O) groups is 2. The van der Waals surface area contributed by atoms with Crippen LogP contribution in [0.25, 0.3) is 0 Å². The van der Waals surface area contributed by atoms with Gasteiger partial charge in [0.1, 0.15) is 12.6 Å². The molecule has 0 saturated carbocycles. The number of nitrogens with one attached hydrogen (secondary N) is 1. The fourth-order valence-corrected chi connectivity index (χ4v) is 4.86. The number of nitrogens with zero attached hydrogens (tertiary/aromatic N) is 2. The van der Waals surface area contributed by atoms with Crippen molar-refractivity contribution in [3.63, 3.8) is 0 Å². The summed E-state index contributed by atoms with van der Waals surface area (Å²) in [6, 6.07) is 8.44. The maximum atomic E-state index is 13.7. The average molecular weight is 575 g/mol. The van der Waals surface area contributed by atoms with Crippen molar-refractivity contribution < 1.29 is 27.5 Å². The molecule has 204 valence electrons. The third kappa shape index (κ3) is 8.15. The molecule has 2 amide bonds. The Morgan fingerprint density at radius 2 is 1.59 bits per heavy atom. The zero-order chi connectivity index (χ0) is 28.1. The van der Waals surface area contributed by atoms with Crippen molar-refractivity contribution in [3.05, 3.63) is 52.0 Å². The summed E-state index contributed by atoms with van der Waals surface area (Å²) < 4.78 is 37.0. The number of rotatable bonds is 10. The largest absolute Gasteiger partial charge is 0.493 e. The van der Waals surface area contributed by atoms with Crippen molar-refractivity contribution in [2.75, 3.05) is 31.3 Å². The lowest BCUT2D eigenvalue weighted by molar-refractivity contribution is -0.140. The van der Waals surface area contributed by atoms with Gasteiger partial charge in [-0.05, 0) is 52.0 Å². The molecule has 12 heteroatoms. The second kappa shape index (κ2) is 12.2. The maximum Gasteiger partial charge on any atom is 0.244 e. The molecule has 2 aromatic carbocycles. The topological polar surface area (TPSA) is 105 Å². The molecule has 0 bridgehead atoms. The molecule has 0 unspecified atom stereocenters. The highest BCUT2D eigenvalue weighted by atomic mass is 35.5. The summed E-state index contributed by atoms with van der Waals surface area (Å²) >= 11 is 12.7. The number of amides is 2. The summed E-state index contributed by atoms with van der Waals surface area (Å²) in [6.07, 6.45) is 0.988. The first-order valence-corrected chi connectivity index (χ1v) is 13.9. The Hall–Kier alpha value is -2.69. The molecule has 1 atom stereocenters. The molecule has 0 saturated heterocycles. The van der Waals surface area contributed by atoms with Crippen LogP contribution >= 0.6 is 23.2 Å². The molecule has 2 rings (SSSR count). The molecule has 0 aliphatic rings. The number of methoxy groups -OCH3 is 2. The van der Waals surface area contributed by atoms with E-state index in [0.717, 1.165) is 10.6 Å². The standard InChI is InChI=1S/C25H33Cl2N3O6S/c1-16(24(32)28-25(2,3)4)29(14-18-19(26)9-8-10-20(18)27)23(31)15-30(37(7,33)34)17-11-12-21(35-5)22(13-17)36-6/h8-13,16H,14-15H2,1-7H3,(H,28,32)/t16-/m0/s1. The van der Waals surface area contributed by atoms with Crippen LogP contribution in [-0.4, -0.2) is 63.7 Å². The molecule has 0 aromatic heterocycles. The van der Waals surface area contributed by atoms with Crippen molar-refractivity contribution in [2.45, 2.75) is 45.8 Å². The van der Waals surface area contributed by atoms with Gasteiger partial charge in [-0.3, -0.25) is 13.9 Å². The van der Waals surface area contributed by atoms with Gasteiger partial charge in [-0.25, -0.2) is 8.42 Å². The molecule has 2 aromatic rings. The number of anilines is 1. The highest BCUT2D eigenvalue weighted by Gasteiger charge is 2.32. The lowest BCUT2D eigenvalue weighted by atomic mass is 10.1. The van der Waals surface area contributed by atoms with Crippen molar-refractivity contribution in [2.24, 2.45) is 0 Å². The van der Waals surface area contributed by atoms with E-state index in [0.29, 0.717) is 27.1 Å². The van der Waals surface area contributed by atoms with Crippen molar-refractivity contribution in [1.82, 2.24) is 10.2 Å². The Kier molecular flexibility index (Phi) is 10.1. The average Bonchev–Trinajstić information content (AvgIpc) is 2.79. The zero-order valence-corrected chi connectivity index (χ0v) is 24.3. The van der Waals surface area contributed by atoms with Gasteiger partial charge < -0.3 is 19.7 Å².